The third kappa shape index (κ3) is 6.30. The smallest absolute Gasteiger partial charge is 0.224 e. The average molecular weight is 276 g/mol. The fourth-order valence-electron chi connectivity index (χ4n) is 1.53. The maximum Gasteiger partial charge on any atom is 0.224 e. The van der Waals surface area contributed by atoms with Crippen LogP contribution in [0.1, 0.15) is 38.7 Å². The van der Waals surface area contributed by atoms with Crippen molar-refractivity contribution in [2.75, 3.05) is 11.1 Å². The molecule has 1 aromatic rings. The zero-order valence-corrected chi connectivity index (χ0v) is 12.3. The van der Waals surface area contributed by atoms with E-state index in [1.54, 1.807) is 24.3 Å². The second kappa shape index (κ2) is 8.60. The summed E-state index contributed by atoms with van der Waals surface area (Å²) in [6.07, 6.45) is 2.58. The first kappa shape index (κ1) is 15.6. The molecule has 0 aliphatic rings. The molecular weight excluding hydrogens is 256 g/mol. The Morgan fingerprint density at radius 1 is 1.53 bits per heavy atom. The largest absolute Gasteiger partial charge is 0.326 e. The van der Waals surface area contributed by atoms with E-state index in [1.807, 2.05) is 11.8 Å². The van der Waals surface area contributed by atoms with Crippen LogP contribution in [0.5, 0.6) is 0 Å². The van der Waals surface area contributed by atoms with Crippen LogP contribution in [-0.2, 0) is 4.79 Å². The van der Waals surface area contributed by atoms with Crippen LogP contribution in [0, 0.1) is 11.3 Å². The minimum absolute atomic E-state index is 0.0137. The quantitative estimate of drug-likeness (QED) is 0.770. The van der Waals surface area contributed by atoms with Crippen LogP contribution >= 0.6 is 11.8 Å². The summed E-state index contributed by atoms with van der Waals surface area (Å²) in [5.41, 5.74) is 1.25. The Balaban J connectivity index is 2.29. The van der Waals surface area contributed by atoms with Crippen molar-refractivity contribution in [3.8, 4) is 6.07 Å². The number of hydrogen-bond acceptors (Lipinski definition) is 3. The van der Waals surface area contributed by atoms with E-state index in [0.717, 1.165) is 18.6 Å². The summed E-state index contributed by atoms with van der Waals surface area (Å²) >= 11 is 1.91. The van der Waals surface area contributed by atoms with Gasteiger partial charge in [-0.3, -0.25) is 4.79 Å². The lowest BCUT2D eigenvalue weighted by molar-refractivity contribution is -0.116. The van der Waals surface area contributed by atoms with Gasteiger partial charge in [-0.25, -0.2) is 0 Å². The molecule has 0 spiro atoms. The lowest BCUT2D eigenvalue weighted by atomic mass is 10.2. The van der Waals surface area contributed by atoms with Crippen LogP contribution in [0.4, 0.5) is 5.69 Å². The van der Waals surface area contributed by atoms with Crippen molar-refractivity contribution >= 4 is 23.4 Å². The number of carbonyl (C=O) groups is 1. The van der Waals surface area contributed by atoms with Gasteiger partial charge >= 0.3 is 0 Å². The minimum Gasteiger partial charge on any atom is -0.326 e. The number of anilines is 1. The highest BCUT2D eigenvalue weighted by molar-refractivity contribution is 7.99. The Morgan fingerprint density at radius 2 is 2.32 bits per heavy atom. The number of hydrogen-bond donors (Lipinski definition) is 1. The molecule has 0 saturated heterocycles. The molecule has 0 aromatic heterocycles. The zero-order valence-electron chi connectivity index (χ0n) is 11.5. The monoisotopic (exact) mass is 276 g/mol. The van der Waals surface area contributed by atoms with Gasteiger partial charge in [-0.1, -0.05) is 19.9 Å². The summed E-state index contributed by atoms with van der Waals surface area (Å²) in [6.45, 7) is 4.38. The van der Waals surface area contributed by atoms with Crippen LogP contribution < -0.4 is 5.32 Å². The standard InChI is InChI=1S/C15H20N2OS/c1-3-12(2)19-9-5-8-15(18)17-14-7-4-6-13(10-14)11-16/h4,6-7,10,12H,3,5,8-9H2,1-2H3,(H,17,18). The maximum absolute atomic E-state index is 11.7. The van der Waals surface area contributed by atoms with E-state index in [9.17, 15) is 4.79 Å². The molecule has 3 nitrogen and oxygen atoms in total. The van der Waals surface area contributed by atoms with Gasteiger partial charge in [0.25, 0.3) is 0 Å². The van der Waals surface area contributed by atoms with Crippen LogP contribution in [0.3, 0.4) is 0 Å². The van der Waals surface area contributed by atoms with Gasteiger partial charge in [-0.2, -0.15) is 17.0 Å². The van der Waals surface area contributed by atoms with Gasteiger partial charge in [0, 0.05) is 17.4 Å². The van der Waals surface area contributed by atoms with Crippen LogP contribution in [0.15, 0.2) is 24.3 Å². The third-order valence-corrected chi connectivity index (χ3v) is 4.23. The fraction of sp³-hybridized carbons (Fsp3) is 0.467. The number of nitrogens with zero attached hydrogens (tertiary/aromatic N) is 1. The summed E-state index contributed by atoms with van der Waals surface area (Å²) in [7, 11) is 0. The Labute approximate surface area is 119 Å². The van der Waals surface area contributed by atoms with Crippen molar-refractivity contribution in [1.82, 2.24) is 0 Å². The Bertz CT molecular complexity index is 454. The number of rotatable bonds is 7. The van der Waals surface area contributed by atoms with E-state index in [0.29, 0.717) is 22.9 Å². The predicted octanol–water partition coefficient (Wildman–Crippen LogP) is 3.81. The number of nitriles is 1. The molecule has 0 bridgehead atoms. The highest BCUT2D eigenvalue weighted by atomic mass is 32.2. The van der Waals surface area contributed by atoms with Crippen LogP contribution in [-0.4, -0.2) is 16.9 Å². The first-order valence-electron chi connectivity index (χ1n) is 6.57. The molecule has 0 aliphatic heterocycles. The molecule has 0 saturated carbocycles. The first-order chi connectivity index (χ1) is 9.15. The highest BCUT2D eigenvalue weighted by Crippen LogP contribution is 2.16. The normalized spacial score (nSPS) is 11.6. The van der Waals surface area contributed by atoms with E-state index in [-0.39, 0.29) is 5.91 Å². The molecule has 0 aliphatic carbocycles. The Kier molecular flexibility index (Phi) is 7.06. The summed E-state index contributed by atoms with van der Waals surface area (Å²) in [5.74, 6) is 1.03. The molecular formula is C15H20N2OS. The molecule has 0 radical (unpaired) electrons. The molecule has 1 amide bonds. The van der Waals surface area contributed by atoms with Crippen molar-refractivity contribution in [3.05, 3.63) is 29.8 Å². The fourth-order valence-corrected chi connectivity index (χ4v) is 2.47. The molecule has 102 valence electrons. The van der Waals surface area contributed by atoms with E-state index >= 15 is 0 Å². The maximum atomic E-state index is 11.7. The summed E-state index contributed by atoms with van der Waals surface area (Å²) in [5, 5.41) is 12.3. The SMILES string of the molecule is CCC(C)SCCCC(=O)Nc1cccc(C#N)c1. The van der Waals surface area contributed by atoms with Crippen molar-refractivity contribution in [1.29, 1.82) is 5.26 Å². The highest BCUT2D eigenvalue weighted by Gasteiger charge is 2.04. The van der Waals surface area contributed by atoms with Crippen LogP contribution in [0.2, 0.25) is 0 Å². The van der Waals surface area contributed by atoms with Crippen molar-refractivity contribution in [2.24, 2.45) is 0 Å². The second-order valence-corrected chi connectivity index (χ2v) is 5.98. The van der Waals surface area contributed by atoms with Crippen molar-refractivity contribution in [2.45, 2.75) is 38.4 Å². The third-order valence-electron chi connectivity index (χ3n) is 2.80. The van der Waals surface area contributed by atoms with Crippen molar-refractivity contribution in [3.63, 3.8) is 0 Å². The first-order valence-corrected chi connectivity index (χ1v) is 7.62. The number of thioether (sulfide) groups is 1. The van der Waals surface area contributed by atoms with Gasteiger partial charge in [0.2, 0.25) is 5.91 Å². The number of amides is 1. The molecule has 1 rings (SSSR count). The topological polar surface area (TPSA) is 52.9 Å². The lowest BCUT2D eigenvalue weighted by Crippen LogP contribution is -2.11. The van der Waals surface area contributed by atoms with E-state index < -0.39 is 0 Å². The van der Waals surface area contributed by atoms with Crippen LogP contribution in [0.25, 0.3) is 0 Å². The van der Waals surface area contributed by atoms with E-state index in [2.05, 4.69) is 25.2 Å². The molecule has 0 heterocycles. The lowest BCUT2D eigenvalue weighted by Gasteiger charge is -2.08. The van der Waals surface area contributed by atoms with Gasteiger partial charge in [0.15, 0.2) is 0 Å². The van der Waals surface area contributed by atoms with E-state index in [1.165, 1.54) is 0 Å². The molecule has 1 unspecified atom stereocenters. The summed E-state index contributed by atoms with van der Waals surface area (Å²) in [4.78, 5) is 11.7. The second-order valence-electron chi connectivity index (χ2n) is 4.43. The molecule has 1 atom stereocenters. The molecule has 19 heavy (non-hydrogen) atoms. The summed E-state index contributed by atoms with van der Waals surface area (Å²) < 4.78 is 0. The van der Waals surface area contributed by atoms with E-state index in [4.69, 9.17) is 5.26 Å². The molecule has 4 heteroatoms. The van der Waals surface area contributed by atoms with Gasteiger partial charge in [0.05, 0.1) is 11.6 Å². The molecule has 1 N–H and O–H groups in total. The van der Waals surface area contributed by atoms with Crippen molar-refractivity contribution < 1.29 is 4.79 Å². The molecule has 1 aromatic carbocycles. The van der Waals surface area contributed by atoms with Gasteiger partial charge in [-0.05, 0) is 36.8 Å². The average Bonchev–Trinajstić information content (AvgIpc) is 2.43. The number of benzene rings is 1. The zero-order chi connectivity index (χ0) is 14.1. The molecule has 0 fully saturated rings. The minimum atomic E-state index is 0.0137. The van der Waals surface area contributed by atoms with Gasteiger partial charge in [0.1, 0.15) is 0 Å². The summed E-state index contributed by atoms with van der Waals surface area (Å²) in [6, 6.07) is 9.03. The van der Waals surface area contributed by atoms with Gasteiger partial charge in [-0.15, -0.1) is 0 Å². The van der Waals surface area contributed by atoms with Gasteiger partial charge < -0.3 is 5.32 Å². The number of nitrogens with one attached hydrogen (secondary N) is 1. The Morgan fingerprint density at radius 3 is 3.00 bits per heavy atom. The predicted molar refractivity (Wildman–Crippen MR) is 81.2 cm³/mol. The Hall–Kier alpha value is -1.47. The number of carbonyl (C=O) groups excluding carboxylic acids is 1.